The van der Waals surface area contributed by atoms with Gasteiger partial charge in [0, 0.05) is 38.3 Å². The minimum atomic E-state index is -0.835. The number of carbonyl (C=O) groups excluding carboxylic acids is 2. The fourth-order valence-electron chi connectivity index (χ4n) is 4.68. The van der Waals surface area contributed by atoms with Crippen LogP contribution in [-0.4, -0.2) is 72.8 Å². The fourth-order valence-corrected chi connectivity index (χ4v) is 4.86. The first-order chi connectivity index (χ1) is 17.7. The lowest BCUT2D eigenvalue weighted by Gasteiger charge is -2.40. The van der Waals surface area contributed by atoms with E-state index in [9.17, 15) is 9.59 Å². The molecular formula is C28H36ClN3O5. The van der Waals surface area contributed by atoms with Gasteiger partial charge in [0.05, 0.1) is 6.61 Å². The first-order valence-corrected chi connectivity index (χ1v) is 13.1. The van der Waals surface area contributed by atoms with Gasteiger partial charge in [0.15, 0.2) is 0 Å². The van der Waals surface area contributed by atoms with Crippen molar-refractivity contribution in [2.45, 2.75) is 50.8 Å². The Kier molecular flexibility index (Phi) is 8.62. The second-order valence-electron chi connectivity index (χ2n) is 10.3. The predicted octanol–water partition coefficient (Wildman–Crippen LogP) is 4.50. The third-order valence-corrected chi connectivity index (χ3v) is 7.30. The molecule has 2 aromatic carbocycles. The van der Waals surface area contributed by atoms with Crippen molar-refractivity contribution in [2.75, 3.05) is 40.0 Å². The summed E-state index contributed by atoms with van der Waals surface area (Å²) in [6, 6.07) is 15.2. The zero-order valence-electron chi connectivity index (χ0n) is 21.8. The summed E-state index contributed by atoms with van der Waals surface area (Å²) >= 11 is 6.06. The molecule has 2 saturated heterocycles. The van der Waals surface area contributed by atoms with E-state index in [1.54, 1.807) is 21.0 Å². The van der Waals surface area contributed by atoms with Crippen LogP contribution >= 0.6 is 11.6 Å². The average molecular weight is 530 g/mol. The summed E-state index contributed by atoms with van der Waals surface area (Å²) in [5.74, 6) is 1.33. The van der Waals surface area contributed by atoms with Gasteiger partial charge in [0.1, 0.15) is 29.2 Å². The predicted molar refractivity (Wildman–Crippen MR) is 142 cm³/mol. The van der Waals surface area contributed by atoms with Crippen molar-refractivity contribution in [1.29, 1.82) is 0 Å². The maximum Gasteiger partial charge on any atom is 0.325 e. The molecule has 9 heteroatoms. The Morgan fingerprint density at radius 1 is 1.00 bits per heavy atom. The average Bonchev–Trinajstić information content (AvgIpc) is 3.08. The van der Waals surface area contributed by atoms with Crippen molar-refractivity contribution < 1.29 is 23.8 Å². The Hall–Kier alpha value is -2.81. The molecule has 1 N–H and O–H groups in total. The van der Waals surface area contributed by atoms with Crippen molar-refractivity contribution >= 4 is 23.5 Å². The highest BCUT2D eigenvalue weighted by atomic mass is 35.5. The molecule has 2 heterocycles. The molecule has 37 heavy (non-hydrogen) atoms. The standard InChI is InChI=1S/C28H36ClN3O5/c1-27(2)25(33)32(26(34)30-27)14-5-17-36-23-10-8-21(9-11-23)19-31-15-12-28(35-3,13-16-31)20-37-24-7-4-6-22(29)18-24/h4,6-11,18H,5,12-17,19-20H2,1-3H3,(H,30,34). The van der Waals surface area contributed by atoms with Crippen LogP contribution in [0, 0.1) is 0 Å². The molecule has 2 aliphatic rings. The molecule has 0 saturated carbocycles. The van der Waals surface area contributed by atoms with Crippen LogP contribution in [0.25, 0.3) is 0 Å². The second-order valence-corrected chi connectivity index (χ2v) is 10.7. The minimum absolute atomic E-state index is 0.198. The van der Waals surface area contributed by atoms with E-state index in [0.717, 1.165) is 44.0 Å². The molecule has 3 amide bonds. The van der Waals surface area contributed by atoms with E-state index in [0.29, 0.717) is 31.2 Å². The van der Waals surface area contributed by atoms with Gasteiger partial charge in [0.25, 0.3) is 5.91 Å². The molecular weight excluding hydrogens is 494 g/mol. The molecule has 2 fully saturated rings. The lowest BCUT2D eigenvalue weighted by atomic mass is 9.91. The number of amides is 3. The van der Waals surface area contributed by atoms with E-state index < -0.39 is 5.54 Å². The van der Waals surface area contributed by atoms with Crippen LogP contribution in [0.2, 0.25) is 5.02 Å². The van der Waals surface area contributed by atoms with Crippen molar-refractivity contribution in [1.82, 2.24) is 15.1 Å². The zero-order chi connectivity index (χ0) is 26.5. The van der Waals surface area contributed by atoms with Gasteiger partial charge in [-0.15, -0.1) is 0 Å². The summed E-state index contributed by atoms with van der Waals surface area (Å²) in [5, 5.41) is 3.35. The van der Waals surface area contributed by atoms with Gasteiger partial charge in [-0.25, -0.2) is 4.79 Å². The molecule has 0 unspecified atom stereocenters. The Morgan fingerprint density at radius 3 is 2.35 bits per heavy atom. The molecule has 2 aliphatic heterocycles. The van der Waals surface area contributed by atoms with Gasteiger partial charge >= 0.3 is 6.03 Å². The lowest BCUT2D eigenvalue weighted by molar-refractivity contribution is -0.130. The SMILES string of the molecule is COC1(COc2cccc(Cl)c2)CCN(Cc2ccc(OCCCN3C(=O)NC(C)(C)C3=O)cc2)CC1. The van der Waals surface area contributed by atoms with Gasteiger partial charge in [-0.2, -0.15) is 0 Å². The molecule has 4 rings (SSSR count). The molecule has 0 bridgehead atoms. The van der Waals surface area contributed by atoms with Crippen LogP contribution in [0.4, 0.5) is 4.79 Å². The van der Waals surface area contributed by atoms with Crippen LogP contribution in [0.15, 0.2) is 48.5 Å². The van der Waals surface area contributed by atoms with Crippen LogP contribution in [-0.2, 0) is 16.1 Å². The zero-order valence-corrected chi connectivity index (χ0v) is 22.6. The molecule has 2 aromatic rings. The number of piperidine rings is 1. The molecule has 200 valence electrons. The number of benzene rings is 2. The van der Waals surface area contributed by atoms with Crippen LogP contribution < -0.4 is 14.8 Å². The van der Waals surface area contributed by atoms with Gasteiger partial charge in [-0.3, -0.25) is 14.6 Å². The summed E-state index contributed by atoms with van der Waals surface area (Å²) < 4.78 is 17.7. The number of nitrogens with zero attached hydrogens (tertiary/aromatic N) is 2. The Balaban J connectivity index is 1.18. The van der Waals surface area contributed by atoms with Gasteiger partial charge in [0.2, 0.25) is 0 Å². The maximum atomic E-state index is 12.2. The summed E-state index contributed by atoms with van der Waals surface area (Å²) in [4.78, 5) is 27.9. The number of urea groups is 1. The number of nitrogens with one attached hydrogen (secondary N) is 1. The number of ether oxygens (including phenoxy) is 3. The van der Waals surface area contributed by atoms with Crippen molar-refractivity contribution in [3.8, 4) is 11.5 Å². The minimum Gasteiger partial charge on any atom is -0.494 e. The van der Waals surface area contributed by atoms with Crippen LogP contribution in [0.1, 0.15) is 38.7 Å². The van der Waals surface area contributed by atoms with Crippen LogP contribution in [0.5, 0.6) is 11.5 Å². The number of methoxy groups -OCH3 is 1. The Morgan fingerprint density at radius 2 is 1.73 bits per heavy atom. The highest BCUT2D eigenvalue weighted by Gasteiger charge is 2.43. The first kappa shape index (κ1) is 27.2. The molecule has 0 aromatic heterocycles. The summed E-state index contributed by atoms with van der Waals surface area (Å²) in [6.45, 7) is 7.39. The molecule has 0 atom stereocenters. The van der Waals surface area contributed by atoms with E-state index in [-0.39, 0.29) is 17.5 Å². The number of halogens is 1. The van der Waals surface area contributed by atoms with Crippen molar-refractivity contribution in [3.05, 3.63) is 59.1 Å². The molecule has 0 spiro atoms. The number of hydrogen-bond donors (Lipinski definition) is 1. The topological polar surface area (TPSA) is 80.3 Å². The quantitative estimate of drug-likeness (QED) is 0.341. The smallest absolute Gasteiger partial charge is 0.325 e. The molecule has 0 aliphatic carbocycles. The Labute approximate surface area is 223 Å². The Bertz CT molecular complexity index is 1080. The van der Waals surface area contributed by atoms with E-state index in [4.69, 9.17) is 25.8 Å². The third kappa shape index (κ3) is 6.94. The number of likely N-dealkylation sites (tertiary alicyclic amines) is 1. The molecule has 0 radical (unpaired) electrons. The van der Waals surface area contributed by atoms with E-state index >= 15 is 0 Å². The number of carbonyl (C=O) groups is 2. The van der Waals surface area contributed by atoms with Gasteiger partial charge < -0.3 is 19.5 Å². The number of hydrogen-bond acceptors (Lipinski definition) is 6. The van der Waals surface area contributed by atoms with E-state index in [2.05, 4.69) is 22.3 Å². The van der Waals surface area contributed by atoms with Gasteiger partial charge in [-0.05, 0) is 69.0 Å². The van der Waals surface area contributed by atoms with Crippen molar-refractivity contribution in [3.63, 3.8) is 0 Å². The monoisotopic (exact) mass is 529 g/mol. The first-order valence-electron chi connectivity index (χ1n) is 12.7. The largest absolute Gasteiger partial charge is 0.494 e. The summed E-state index contributed by atoms with van der Waals surface area (Å²) in [6.07, 6.45) is 2.35. The summed E-state index contributed by atoms with van der Waals surface area (Å²) in [5.41, 5.74) is 0.0823. The maximum absolute atomic E-state index is 12.2. The summed E-state index contributed by atoms with van der Waals surface area (Å²) in [7, 11) is 1.76. The van der Waals surface area contributed by atoms with E-state index in [1.807, 2.05) is 36.4 Å². The lowest BCUT2D eigenvalue weighted by Crippen LogP contribution is -2.48. The normalized spacial score (nSPS) is 19.1. The highest BCUT2D eigenvalue weighted by molar-refractivity contribution is 6.30. The van der Waals surface area contributed by atoms with E-state index in [1.165, 1.54) is 10.5 Å². The van der Waals surface area contributed by atoms with Crippen LogP contribution in [0.3, 0.4) is 0 Å². The molecule has 8 nitrogen and oxygen atoms in total. The highest BCUT2D eigenvalue weighted by Crippen LogP contribution is 2.29. The third-order valence-electron chi connectivity index (χ3n) is 7.07. The number of rotatable bonds is 11. The second kappa shape index (κ2) is 11.7. The number of imide groups is 1. The van der Waals surface area contributed by atoms with Gasteiger partial charge in [-0.1, -0.05) is 29.8 Å². The fraction of sp³-hybridized carbons (Fsp3) is 0.500. The van der Waals surface area contributed by atoms with Crippen molar-refractivity contribution in [2.24, 2.45) is 0 Å².